The zero-order chi connectivity index (χ0) is 17.9. The summed E-state index contributed by atoms with van der Waals surface area (Å²) in [6.45, 7) is 2.07. The van der Waals surface area contributed by atoms with Gasteiger partial charge in [0.15, 0.2) is 5.13 Å². The Morgan fingerprint density at radius 1 is 1.31 bits per heavy atom. The molecule has 1 aliphatic heterocycles. The van der Waals surface area contributed by atoms with Crippen LogP contribution >= 0.6 is 11.3 Å². The van der Waals surface area contributed by atoms with Crippen molar-refractivity contribution < 1.29 is 9.18 Å². The van der Waals surface area contributed by atoms with Crippen LogP contribution in [0.4, 0.5) is 9.52 Å². The number of amides is 1. The van der Waals surface area contributed by atoms with Gasteiger partial charge in [0.2, 0.25) is 0 Å². The normalized spacial score (nSPS) is 14.0. The van der Waals surface area contributed by atoms with E-state index in [-0.39, 0.29) is 17.4 Å². The molecule has 4 rings (SSSR count). The van der Waals surface area contributed by atoms with Crippen LogP contribution in [0.3, 0.4) is 0 Å². The molecule has 26 heavy (non-hydrogen) atoms. The first-order valence-electron chi connectivity index (χ1n) is 8.21. The van der Waals surface area contributed by atoms with Crippen molar-refractivity contribution in [3.63, 3.8) is 0 Å². The molecule has 1 aliphatic rings. The van der Waals surface area contributed by atoms with E-state index in [1.165, 1.54) is 36.0 Å². The topological polar surface area (TPSA) is 71.0 Å². The standard InChI is InChI=1S/C18H16FN5OS/c19-13-4-2-1-3-12(13)10-24-8-5-14-16(11-24)26-18(22-14)23-17(25)15-9-20-6-7-21-15/h1-4,6-7,9H,5,8,10-11H2,(H,22,23,25). The van der Waals surface area contributed by atoms with E-state index >= 15 is 0 Å². The highest BCUT2D eigenvalue weighted by molar-refractivity contribution is 7.15. The van der Waals surface area contributed by atoms with Gasteiger partial charge in [-0.1, -0.05) is 18.2 Å². The maximum atomic E-state index is 13.9. The van der Waals surface area contributed by atoms with E-state index in [9.17, 15) is 9.18 Å². The Morgan fingerprint density at radius 2 is 2.19 bits per heavy atom. The summed E-state index contributed by atoms with van der Waals surface area (Å²) in [6.07, 6.45) is 5.19. The van der Waals surface area contributed by atoms with Crippen LogP contribution in [0.25, 0.3) is 0 Å². The number of rotatable bonds is 4. The Labute approximate surface area is 153 Å². The van der Waals surface area contributed by atoms with Gasteiger partial charge in [-0.15, -0.1) is 11.3 Å². The lowest BCUT2D eigenvalue weighted by atomic mass is 10.1. The van der Waals surface area contributed by atoms with Crippen molar-refractivity contribution in [1.82, 2.24) is 19.9 Å². The van der Waals surface area contributed by atoms with Crippen molar-refractivity contribution in [3.05, 3.63) is 70.5 Å². The van der Waals surface area contributed by atoms with Gasteiger partial charge in [0.1, 0.15) is 11.5 Å². The molecule has 0 saturated carbocycles. The predicted molar refractivity (Wildman–Crippen MR) is 96.3 cm³/mol. The van der Waals surface area contributed by atoms with Crippen LogP contribution in [0, 0.1) is 5.82 Å². The average molecular weight is 369 g/mol. The minimum atomic E-state index is -0.326. The highest BCUT2D eigenvalue weighted by atomic mass is 32.1. The van der Waals surface area contributed by atoms with E-state index < -0.39 is 0 Å². The lowest BCUT2D eigenvalue weighted by molar-refractivity contribution is 0.102. The molecule has 0 spiro atoms. The minimum Gasteiger partial charge on any atom is -0.296 e. The third-order valence-corrected chi connectivity index (χ3v) is 5.18. The smallest absolute Gasteiger partial charge is 0.277 e. The van der Waals surface area contributed by atoms with Gasteiger partial charge in [0.05, 0.1) is 11.9 Å². The lowest BCUT2D eigenvalue weighted by Crippen LogP contribution is -2.29. The van der Waals surface area contributed by atoms with Crippen molar-refractivity contribution in [2.75, 3.05) is 11.9 Å². The molecule has 1 amide bonds. The second-order valence-electron chi connectivity index (χ2n) is 5.99. The monoisotopic (exact) mass is 369 g/mol. The van der Waals surface area contributed by atoms with Crippen LogP contribution in [0.2, 0.25) is 0 Å². The fourth-order valence-corrected chi connectivity index (χ4v) is 3.93. The number of carbonyl (C=O) groups excluding carboxylic acids is 1. The highest BCUT2D eigenvalue weighted by Crippen LogP contribution is 2.29. The Bertz CT molecular complexity index is 930. The van der Waals surface area contributed by atoms with Crippen LogP contribution in [0.5, 0.6) is 0 Å². The molecule has 0 fully saturated rings. The molecule has 0 saturated heterocycles. The van der Waals surface area contributed by atoms with Crippen molar-refractivity contribution in [2.24, 2.45) is 0 Å². The molecule has 0 aliphatic carbocycles. The number of fused-ring (bicyclic) bond motifs is 1. The van der Waals surface area contributed by atoms with Gasteiger partial charge in [-0.2, -0.15) is 0 Å². The molecule has 8 heteroatoms. The number of nitrogens with zero attached hydrogens (tertiary/aromatic N) is 4. The summed E-state index contributed by atoms with van der Waals surface area (Å²) in [6, 6.07) is 6.84. The molecule has 1 aromatic carbocycles. The fourth-order valence-electron chi connectivity index (χ4n) is 2.88. The minimum absolute atomic E-state index is 0.181. The molecular weight excluding hydrogens is 353 g/mol. The number of carbonyl (C=O) groups is 1. The van der Waals surface area contributed by atoms with E-state index in [0.717, 1.165) is 23.5 Å². The van der Waals surface area contributed by atoms with E-state index in [2.05, 4.69) is 25.2 Å². The zero-order valence-corrected chi connectivity index (χ0v) is 14.7. The zero-order valence-electron chi connectivity index (χ0n) is 13.9. The quantitative estimate of drug-likeness (QED) is 0.766. The lowest BCUT2D eigenvalue weighted by Gasteiger charge is -2.25. The molecule has 0 atom stereocenters. The summed E-state index contributed by atoms with van der Waals surface area (Å²) in [5.74, 6) is -0.507. The Kier molecular flexibility index (Phi) is 4.68. The molecule has 132 valence electrons. The number of anilines is 1. The van der Waals surface area contributed by atoms with Crippen molar-refractivity contribution in [2.45, 2.75) is 19.5 Å². The van der Waals surface area contributed by atoms with Gasteiger partial charge in [0.25, 0.3) is 5.91 Å². The van der Waals surface area contributed by atoms with E-state index in [4.69, 9.17) is 0 Å². The van der Waals surface area contributed by atoms with Crippen LogP contribution < -0.4 is 5.32 Å². The molecule has 3 heterocycles. The van der Waals surface area contributed by atoms with Gasteiger partial charge in [0, 0.05) is 48.9 Å². The third-order valence-electron chi connectivity index (χ3n) is 4.18. The Morgan fingerprint density at radius 3 is 3.00 bits per heavy atom. The molecule has 0 unspecified atom stereocenters. The first kappa shape index (κ1) is 16.7. The van der Waals surface area contributed by atoms with Gasteiger partial charge < -0.3 is 0 Å². The maximum Gasteiger partial charge on any atom is 0.277 e. The van der Waals surface area contributed by atoms with Crippen LogP contribution in [-0.2, 0) is 19.5 Å². The van der Waals surface area contributed by atoms with Crippen molar-refractivity contribution in [1.29, 1.82) is 0 Å². The van der Waals surface area contributed by atoms with Gasteiger partial charge in [-0.3, -0.25) is 20.0 Å². The van der Waals surface area contributed by atoms with Gasteiger partial charge in [-0.05, 0) is 6.07 Å². The second kappa shape index (κ2) is 7.27. The first-order chi connectivity index (χ1) is 12.7. The van der Waals surface area contributed by atoms with Crippen LogP contribution in [-0.4, -0.2) is 32.3 Å². The second-order valence-corrected chi connectivity index (χ2v) is 7.07. The van der Waals surface area contributed by atoms with Gasteiger partial charge in [-0.25, -0.2) is 14.4 Å². The van der Waals surface area contributed by atoms with E-state index in [1.54, 1.807) is 6.07 Å². The number of halogens is 1. The summed E-state index contributed by atoms with van der Waals surface area (Å²) < 4.78 is 13.9. The number of aromatic nitrogens is 3. The number of hydrogen-bond donors (Lipinski definition) is 1. The summed E-state index contributed by atoms with van der Waals surface area (Å²) in [5, 5.41) is 3.33. The van der Waals surface area contributed by atoms with E-state index in [0.29, 0.717) is 23.8 Å². The third kappa shape index (κ3) is 3.61. The number of thiazole rings is 1. The number of hydrogen-bond acceptors (Lipinski definition) is 6. The molecular formula is C18H16FN5OS. The largest absolute Gasteiger partial charge is 0.296 e. The maximum absolute atomic E-state index is 13.9. The van der Waals surface area contributed by atoms with Gasteiger partial charge >= 0.3 is 0 Å². The Hall–Kier alpha value is -2.71. The molecule has 6 nitrogen and oxygen atoms in total. The Balaban J connectivity index is 1.44. The molecule has 1 N–H and O–H groups in total. The molecule has 3 aromatic rings. The highest BCUT2D eigenvalue weighted by Gasteiger charge is 2.22. The molecule has 2 aromatic heterocycles. The summed E-state index contributed by atoms with van der Waals surface area (Å²) in [4.78, 5) is 27.8. The molecule has 0 radical (unpaired) electrons. The summed E-state index contributed by atoms with van der Waals surface area (Å²) in [7, 11) is 0. The average Bonchev–Trinajstić information content (AvgIpc) is 3.06. The number of nitrogens with one attached hydrogen (secondary N) is 1. The number of benzene rings is 1. The summed E-state index contributed by atoms with van der Waals surface area (Å²) >= 11 is 1.45. The summed E-state index contributed by atoms with van der Waals surface area (Å²) in [5.41, 5.74) is 1.94. The van der Waals surface area contributed by atoms with Crippen LogP contribution in [0.1, 0.15) is 26.6 Å². The van der Waals surface area contributed by atoms with Crippen molar-refractivity contribution in [3.8, 4) is 0 Å². The van der Waals surface area contributed by atoms with Crippen LogP contribution in [0.15, 0.2) is 42.9 Å². The van der Waals surface area contributed by atoms with Crippen molar-refractivity contribution >= 4 is 22.4 Å². The van der Waals surface area contributed by atoms with E-state index in [1.807, 2.05) is 12.1 Å². The SMILES string of the molecule is O=C(Nc1nc2c(s1)CN(Cc1ccccc1F)CC2)c1cnccn1. The first-order valence-corrected chi connectivity index (χ1v) is 9.02. The molecule has 0 bridgehead atoms. The fraction of sp³-hybridized carbons (Fsp3) is 0.222. The predicted octanol–water partition coefficient (Wildman–Crippen LogP) is 2.88.